The predicted octanol–water partition coefficient (Wildman–Crippen LogP) is 3.18. The van der Waals surface area contributed by atoms with Gasteiger partial charge in [0.15, 0.2) is 0 Å². The van der Waals surface area contributed by atoms with Gasteiger partial charge in [0.05, 0.1) is 12.2 Å². The van der Waals surface area contributed by atoms with Gasteiger partial charge >= 0.3 is 6.18 Å². The van der Waals surface area contributed by atoms with Crippen LogP contribution in [0.15, 0.2) is 22.7 Å². The summed E-state index contributed by atoms with van der Waals surface area (Å²) in [7, 11) is 1.63. The second-order valence-corrected chi connectivity index (χ2v) is 5.64. The van der Waals surface area contributed by atoms with Crippen molar-refractivity contribution in [2.75, 3.05) is 26.8 Å². The number of ether oxygens (including phenoxy) is 1. The predicted molar refractivity (Wildman–Crippen MR) is 80.2 cm³/mol. The minimum absolute atomic E-state index is 0.142. The van der Waals surface area contributed by atoms with Gasteiger partial charge in [-0.3, -0.25) is 0 Å². The normalized spacial score (nSPS) is 13.4. The van der Waals surface area contributed by atoms with Gasteiger partial charge in [0.1, 0.15) is 0 Å². The molecule has 1 atom stereocenters. The van der Waals surface area contributed by atoms with Gasteiger partial charge < -0.3 is 15.4 Å². The van der Waals surface area contributed by atoms with Gasteiger partial charge in [-0.1, -0.05) is 15.9 Å². The minimum Gasteiger partial charge on any atom is -0.383 e. The van der Waals surface area contributed by atoms with Crippen molar-refractivity contribution in [1.82, 2.24) is 10.6 Å². The Morgan fingerprint density at radius 2 is 2.05 bits per heavy atom. The van der Waals surface area contributed by atoms with Crippen LogP contribution >= 0.6 is 15.9 Å². The molecule has 0 bridgehead atoms. The minimum atomic E-state index is -4.32. The Morgan fingerprint density at radius 1 is 1.33 bits per heavy atom. The van der Waals surface area contributed by atoms with Gasteiger partial charge in [-0.2, -0.15) is 13.2 Å². The SMILES string of the molecule is COCCNCC(C)NCc1cc(C(F)(F)F)ccc1Br. The van der Waals surface area contributed by atoms with Crippen LogP contribution in [-0.2, 0) is 17.5 Å². The number of alkyl halides is 3. The summed E-state index contributed by atoms with van der Waals surface area (Å²) in [6.45, 7) is 4.44. The summed E-state index contributed by atoms with van der Waals surface area (Å²) in [5.41, 5.74) is -0.0399. The summed E-state index contributed by atoms with van der Waals surface area (Å²) in [6, 6.07) is 3.82. The molecule has 0 aliphatic heterocycles. The molecule has 7 heteroatoms. The van der Waals surface area contributed by atoms with E-state index in [9.17, 15) is 13.2 Å². The molecule has 1 rings (SSSR count). The number of benzene rings is 1. The van der Waals surface area contributed by atoms with Crippen molar-refractivity contribution in [1.29, 1.82) is 0 Å². The third-order valence-electron chi connectivity index (χ3n) is 2.95. The summed E-state index contributed by atoms with van der Waals surface area (Å²) in [5, 5.41) is 6.39. The van der Waals surface area contributed by atoms with Gasteiger partial charge in [-0.25, -0.2) is 0 Å². The molecule has 0 amide bonds. The molecule has 3 nitrogen and oxygen atoms in total. The van der Waals surface area contributed by atoms with Crippen LogP contribution in [0.1, 0.15) is 18.1 Å². The van der Waals surface area contributed by atoms with E-state index in [1.165, 1.54) is 12.1 Å². The number of rotatable bonds is 8. The Hall–Kier alpha value is -0.630. The lowest BCUT2D eigenvalue weighted by molar-refractivity contribution is -0.137. The van der Waals surface area contributed by atoms with Crippen molar-refractivity contribution < 1.29 is 17.9 Å². The zero-order valence-corrected chi connectivity index (χ0v) is 13.6. The average Bonchev–Trinajstić information content (AvgIpc) is 2.41. The highest BCUT2D eigenvalue weighted by atomic mass is 79.9. The van der Waals surface area contributed by atoms with Crippen LogP contribution in [0.3, 0.4) is 0 Å². The lowest BCUT2D eigenvalue weighted by Crippen LogP contribution is -2.37. The van der Waals surface area contributed by atoms with E-state index in [0.29, 0.717) is 23.2 Å². The molecule has 0 aliphatic carbocycles. The van der Waals surface area contributed by atoms with Crippen molar-refractivity contribution in [2.45, 2.75) is 25.7 Å². The molecule has 0 aromatic heterocycles. The van der Waals surface area contributed by atoms with E-state index >= 15 is 0 Å². The molecule has 1 aromatic carbocycles. The Kier molecular flexibility index (Phi) is 7.65. The molecule has 0 radical (unpaired) electrons. The van der Waals surface area contributed by atoms with Crippen LogP contribution in [0.25, 0.3) is 0 Å². The van der Waals surface area contributed by atoms with E-state index < -0.39 is 11.7 Å². The Morgan fingerprint density at radius 3 is 2.67 bits per heavy atom. The maximum atomic E-state index is 12.7. The van der Waals surface area contributed by atoms with Crippen LogP contribution in [-0.4, -0.2) is 32.8 Å². The Labute approximate surface area is 131 Å². The lowest BCUT2D eigenvalue weighted by atomic mass is 10.1. The number of hydrogen-bond acceptors (Lipinski definition) is 3. The molecule has 0 aliphatic rings. The van der Waals surface area contributed by atoms with Crippen LogP contribution in [0, 0.1) is 0 Å². The molecule has 120 valence electrons. The van der Waals surface area contributed by atoms with Gasteiger partial charge in [-0.15, -0.1) is 0 Å². The zero-order chi connectivity index (χ0) is 15.9. The Bertz CT molecular complexity index is 441. The first-order valence-electron chi connectivity index (χ1n) is 6.63. The molecule has 2 N–H and O–H groups in total. The van der Waals surface area contributed by atoms with Gasteiger partial charge in [0.2, 0.25) is 0 Å². The highest BCUT2D eigenvalue weighted by molar-refractivity contribution is 9.10. The summed E-state index contributed by atoms with van der Waals surface area (Å²) in [5.74, 6) is 0. The number of hydrogen-bond donors (Lipinski definition) is 2. The van der Waals surface area contributed by atoms with Crippen molar-refractivity contribution in [2.24, 2.45) is 0 Å². The molecular weight excluding hydrogens is 349 g/mol. The standard InChI is InChI=1S/C14H20BrF3N2O/c1-10(8-19-5-6-21-2)20-9-11-7-12(14(16,17)18)3-4-13(11)15/h3-4,7,10,19-20H,5-6,8-9H2,1-2H3. The molecule has 1 aromatic rings. The quantitative estimate of drug-likeness (QED) is 0.691. The van der Waals surface area contributed by atoms with Crippen LogP contribution in [0.2, 0.25) is 0 Å². The lowest BCUT2D eigenvalue weighted by Gasteiger charge is -2.16. The van der Waals surface area contributed by atoms with E-state index in [1.54, 1.807) is 7.11 Å². The first-order valence-corrected chi connectivity index (χ1v) is 7.42. The second-order valence-electron chi connectivity index (χ2n) is 4.78. The van der Waals surface area contributed by atoms with E-state index in [2.05, 4.69) is 26.6 Å². The third kappa shape index (κ3) is 6.78. The number of nitrogens with one attached hydrogen (secondary N) is 2. The largest absolute Gasteiger partial charge is 0.416 e. The summed E-state index contributed by atoms with van der Waals surface area (Å²) in [6.07, 6.45) is -4.32. The third-order valence-corrected chi connectivity index (χ3v) is 3.72. The highest BCUT2D eigenvalue weighted by Crippen LogP contribution is 2.31. The van der Waals surface area contributed by atoms with Crippen LogP contribution in [0.4, 0.5) is 13.2 Å². The summed E-state index contributed by atoms with van der Waals surface area (Å²) < 4.78 is 43.6. The zero-order valence-electron chi connectivity index (χ0n) is 12.1. The van der Waals surface area contributed by atoms with Gasteiger partial charge in [-0.05, 0) is 30.7 Å². The molecule has 0 saturated heterocycles. The summed E-state index contributed by atoms with van der Waals surface area (Å²) >= 11 is 3.28. The van der Waals surface area contributed by atoms with E-state index in [-0.39, 0.29) is 6.04 Å². The average molecular weight is 369 g/mol. The topological polar surface area (TPSA) is 33.3 Å². The van der Waals surface area contributed by atoms with Crippen LogP contribution < -0.4 is 10.6 Å². The molecule has 0 saturated carbocycles. The second kappa shape index (κ2) is 8.73. The molecule has 0 heterocycles. The maximum Gasteiger partial charge on any atom is 0.416 e. The first kappa shape index (κ1) is 18.4. The fourth-order valence-corrected chi connectivity index (χ4v) is 2.12. The smallest absolute Gasteiger partial charge is 0.383 e. The first-order chi connectivity index (χ1) is 9.84. The Balaban J connectivity index is 2.51. The van der Waals surface area contributed by atoms with Gasteiger partial charge in [0.25, 0.3) is 0 Å². The van der Waals surface area contributed by atoms with E-state index in [0.717, 1.165) is 19.2 Å². The van der Waals surface area contributed by atoms with Crippen molar-refractivity contribution >= 4 is 15.9 Å². The maximum absolute atomic E-state index is 12.7. The number of halogens is 4. The van der Waals surface area contributed by atoms with Crippen molar-refractivity contribution in [3.63, 3.8) is 0 Å². The van der Waals surface area contributed by atoms with E-state index in [1.807, 2.05) is 6.92 Å². The van der Waals surface area contributed by atoms with Crippen LogP contribution in [0.5, 0.6) is 0 Å². The fourth-order valence-electron chi connectivity index (χ4n) is 1.74. The summed E-state index contributed by atoms with van der Waals surface area (Å²) in [4.78, 5) is 0. The van der Waals surface area contributed by atoms with E-state index in [4.69, 9.17) is 4.74 Å². The molecule has 1 unspecified atom stereocenters. The molecule has 21 heavy (non-hydrogen) atoms. The fraction of sp³-hybridized carbons (Fsp3) is 0.571. The number of methoxy groups -OCH3 is 1. The highest BCUT2D eigenvalue weighted by Gasteiger charge is 2.30. The molecule has 0 spiro atoms. The van der Waals surface area contributed by atoms with Gasteiger partial charge in [0, 0.05) is 37.3 Å². The van der Waals surface area contributed by atoms with Crippen molar-refractivity contribution in [3.8, 4) is 0 Å². The van der Waals surface area contributed by atoms with Crippen molar-refractivity contribution in [3.05, 3.63) is 33.8 Å². The molecular formula is C14H20BrF3N2O. The molecule has 0 fully saturated rings. The monoisotopic (exact) mass is 368 g/mol.